The number of hydrogen-bond acceptors (Lipinski definition) is 3. The standard InChI is InChI=1S/C4H2O3.2Na.2H/c5-3-1-2-4(6)7-3;;;;/h1-2H;;;;/q;2*+1;2*-1. The Labute approximate surface area is 99.4 Å². The van der Waals surface area contributed by atoms with Gasteiger partial charge in [-0.15, -0.1) is 0 Å². The minimum Gasteiger partial charge on any atom is -1.00 e. The predicted molar refractivity (Wildman–Crippen MR) is 22.5 cm³/mol. The van der Waals surface area contributed by atoms with Crippen LogP contribution in [0.15, 0.2) is 12.2 Å². The summed E-state index contributed by atoms with van der Waals surface area (Å²) >= 11 is 0. The fraction of sp³-hybridized carbons (Fsp3) is 0. The van der Waals surface area contributed by atoms with Gasteiger partial charge in [-0.25, -0.2) is 9.59 Å². The maximum atomic E-state index is 9.92. The first-order chi connectivity index (χ1) is 3.29. The second kappa shape index (κ2) is 5.65. The van der Waals surface area contributed by atoms with Gasteiger partial charge in [0.15, 0.2) is 0 Å². The van der Waals surface area contributed by atoms with Crippen LogP contribution in [0.1, 0.15) is 2.85 Å². The van der Waals surface area contributed by atoms with E-state index in [1.165, 1.54) is 0 Å². The van der Waals surface area contributed by atoms with Crippen molar-refractivity contribution in [2.75, 3.05) is 0 Å². The third-order valence-corrected chi connectivity index (χ3v) is 0.557. The number of carbonyl (C=O) groups is 2. The van der Waals surface area contributed by atoms with Crippen LogP contribution in [-0.2, 0) is 14.3 Å². The van der Waals surface area contributed by atoms with Crippen molar-refractivity contribution in [1.29, 1.82) is 0 Å². The maximum Gasteiger partial charge on any atom is 1.00 e. The Kier molecular flexibility index (Phi) is 7.87. The average Bonchev–Trinajstić information content (AvgIpc) is 1.87. The Balaban J connectivity index is -0.0000000612. The van der Waals surface area contributed by atoms with E-state index in [2.05, 4.69) is 4.74 Å². The summed E-state index contributed by atoms with van der Waals surface area (Å²) in [5.74, 6) is -1.16. The van der Waals surface area contributed by atoms with Crippen LogP contribution in [0.3, 0.4) is 0 Å². The van der Waals surface area contributed by atoms with Gasteiger partial charge in [-0.1, -0.05) is 0 Å². The monoisotopic (exact) mass is 146 g/mol. The van der Waals surface area contributed by atoms with Gasteiger partial charge in [0.1, 0.15) is 0 Å². The molecule has 40 valence electrons. The summed E-state index contributed by atoms with van der Waals surface area (Å²) in [6.07, 6.45) is 2.17. The summed E-state index contributed by atoms with van der Waals surface area (Å²) in [7, 11) is 0. The summed E-state index contributed by atoms with van der Waals surface area (Å²) in [5.41, 5.74) is 0. The van der Waals surface area contributed by atoms with Gasteiger partial charge in [-0.3, -0.25) is 0 Å². The second-order valence-corrected chi connectivity index (χ2v) is 1.07. The number of hydrogen-bond donors (Lipinski definition) is 0. The van der Waals surface area contributed by atoms with Gasteiger partial charge < -0.3 is 7.59 Å². The van der Waals surface area contributed by atoms with E-state index in [0.717, 1.165) is 12.2 Å². The summed E-state index contributed by atoms with van der Waals surface area (Å²) < 4.78 is 3.97. The van der Waals surface area contributed by atoms with E-state index in [1.807, 2.05) is 0 Å². The van der Waals surface area contributed by atoms with E-state index in [-0.39, 0.29) is 62.0 Å². The van der Waals surface area contributed by atoms with Crippen LogP contribution in [0.2, 0.25) is 0 Å². The van der Waals surface area contributed by atoms with E-state index in [0.29, 0.717) is 0 Å². The van der Waals surface area contributed by atoms with Crippen molar-refractivity contribution in [1.82, 2.24) is 0 Å². The van der Waals surface area contributed by atoms with Crippen LogP contribution in [-0.4, -0.2) is 11.9 Å². The minimum atomic E-state index is -0.579. The average molecular weight is 146 g/mol. The smallest absolute Gasteiger partial charge is 1.00 e. The van der Waals surface area contributed by atoms with Gasteiger partial charge in [0.05, 0.1) is 0 Å². The largest absolute Gasteiger partial charge is 1.00 e. The fourth-order valence-electron chi connectivity index (χ4n) is 0.303. The van der Waals surface area contributed by atoms with Crippen LogP contribution in [0.25, 0.3) is 0 Å². The number of rotatable bonds is 0. The molecule has 1 heterocycles. The molecule has 1 aliphatic rings. The predicted octanol–water partition coefficient (Wildman–Crippen LogP) is -6.14. The van der Waals surface area contributed by atoms with Crippen LogP contribution >= 0.6 is 0 Å². The molecule has 0 saturated heterocycles. The first-order valence-electron chi connectivity index (χ1n) is 1.73. The third kappa shape index (κ3) is 4.31. The molecule has 0 atom stereocenters. The molecule has 0 fully saturated rings. The fourth-order valence-corrected chi connectivity index (χ4v) is 0.303. The van der Waals surface area contributed by atoms with E-state index in [9.17, 15) is 9.59 Å². The van der Waals surface area contributed by atoms with E-state index in [4.69, 9.17) is 0 Å². The molecule has 0 aliphatic carbocycles. The summed E-state index contributed by atoms with van der Waals surface area (Å²) in [6, 6.07) is 0. The zero-order valence-corrected chi connectivity index (χ0v) is 9.38. The zero-order chi connectivity index (χ0) is 5.28. The molecule has 1 rings (SSSR count). The Morgan fingerprint density at radius 2 is 1.44 bits per heavy atom. The summed E-state index contributed by atoms with van der Waals surface area (Å²) in [4.78, 5) is 19.8. The molecule has 0 amide bonds. The number of ether oxygens (including phenoxy) is 1. The summed E-state index contributed by atoms with van der Waals surface area (Å²) in [6.45, 7) is 0. The second-order valence-electron chi connectivity index (χ2n) is 1.07. The van der Waals surface area contributed by atoms with Crippen LogP contribution in [0.4, 0.5) is 0 Å². The molecule has 0 aromatic rings. The van der Waals surface area contributed by atoms with Crippen molar-refractivity contribution < 1.29 is 76.3 Å². The molecule has 0 aromatic carbocycles. The molecule has 0 unspecified atom stereocenters. The molecule has 0 radical (unpaired) electrons. The quantitative estimate of drug-likeness (QED) is 0.194. The summed E-state index contributed by atoms with van der Waals surface area (Å²) in [5, 5.41) is 0. The maximum absolute atomic E-state index is 9.92. The van der Waals surface area contributed by atoms with Crippen LogP contribution in [0.5, 0.6) is 0 Å². The third-order valence-electron chi connectivity index (χ3n) is 0.557. The molecule has 0 spiro atoms. The van der Waals surface area contributed by atoms with Crippen molar-refractivity contribution >= 4 is 11.9 Å². The topological polar surface area (TPSA) is 43.4 Å². The van der Waals surface area contributed by atoms with Crippen molar-refractivity contribution in [3.8, 4) is 0 Å². The van der Waals surface area contributed by atoms with E-state index in [1.54, 1.807) is 0 Å². The van der Waals surface area contributed by atoms with Crippen LogP contribution < -0.4 is 59.1 Å². The Bertz CT molecular complexity index is 143. The molecule has 0 N–H and O–H groups in total. The van der Waals surface area contributed by atoms with Gasteiger partial charge >= 0.3 is 71.1 Å². The zero-order valence-electron chi connectivity index (χ0n) is 7.38. The molecule has 3 nitrogen and oxygen atoms in total. The molecule has 1 aliphatic heterocycles. The SMILES string of the molecule is O=C1C=CC(=O)O1.[H-].[H-].[Na+].[Na+]. The Hall–Kier alpha value is 0.880. The molecule has 0 bridgehead atoms. The van der Waals surface area contributed by atoms with Gasteiger partial charge in [0, 0.05) is 12.2 Å². The van der Waals surface area contributed by atoms with Gasteiger partial charge in [0.25, 0.3) is 0 Å². The van der Waals surface area contributed by atoms with Crippen molar-refractivity contribution in [2.24, 2.45) is 0 Å². The van der Waals surface area contributed by atoms with Crippen molar-refractivity contribution in [3.63, 3.8) is 0 Å². The number of carbonyl (C=O) groups excluding carboxylic acids is 2. The number of esters is 2. The Morgan fingerprint density at radius 3 is 1.56 bits per heavy atom. The molecule has 0 saturated carbocycles. The van der Waals surface area contributed by atoms with Gasteiger partial charge in [0.2, 0.25) is 0 Å². The molecule has 0 aromatic heterocycles. The number of cyclic esters (lactones) is 2. The normalized spacial score (nSPS) is 13.8. The first-order valence-corrected chi connectivity index (χ1v) is 1.73. The molecule has 9 heavy (non-hydrogen) atoms. The van der Waals surface area contributed by atoms with Gasteiger partial charge in [-0.2, -0.15) is 0 Å². The van der Waals surface area contributed by atoms with E-state index >= 15 is 0 Å². The first kappa shape index (κ1) is 12.5. The van der Waals surface area contributed by atoms with Crippen LogP contribution in [0, 0.1) is 0 Å². The van der Waals surface area contributed by atoms with Crippen molar-refractivity contribution in [3.05, 3.63) is 12.2 Å². The van der Waals surface area contributed by atoms with E-state index < -0.39 is 11.9 Å². The molecular weight excluding hydrogens is 142 g/mol. The van der Waals surface area contributed by atoms with Crippen molar-refractivity contribution in [2.45, 2.75) is 0 Å². The Morgan fingerprint density at radius 1 is 1.11 bits per heavy atom. The molecular formula is C4H4Na2O3. The van der Waals surface area contributed by atoms with Gasteiger partial charge in [-0.05, 0) is 0 Å². The minimum absolute atomic E-state index is 0. The molecule has 5 heteroatoms.